The summed E-state index contributed by atoms with van der Waals surface area (Å²) in [6, 6.07) is 13.2. The summed E-state index contributed by atoms with van der Waals surface area (Å²) >= 11 is 5.71. The molecule has 1 aliphatic rings. The monoisotopic (exact) mass is 467 g/mol. The van der Waals surface area contributed by atoms with Crippen molar-refractivity contribution in [2.45, 2.75) is 38.5 Å². The van der Waals surface area contributed by atoms with Gasteiger partial charge in [0.1, 0.15) is 0 Å². The summed E-state index contributed by atoms with van der Waals surface area (Å²) in [5.74, 6) is 0.0841. The average Bonchev–Trinajstić information content (AvgIpc) is 2.75. The van der Waals surface area contributed by atoms with Gasteiger partial charge in [-0.3, -0.25) is 9.69 Å². The molecule has 174 valence electrons. The summed E-state index contributed by atoms with van der Waals surface area (Å²) in [7, 11) is 2.11. The van der Waals surface area contributed by atoms with Crippen LogP contribution in [0.2, 0.25) is 5.02 Å². The zero-order chi connectivity index (χ0) is 23.3. The molecule has 8 heteroatoms. The number of hydrogen-bond donors (Lipinski definition) is 1. The van der Waals surface area contributed by atoms with Crippen LogP contribution in [0.1, 0.15) is 30.9 Å². The second kappa shape index (κ2) is 10.7. The van der Waals surface area contributed by atoms with Gasteiger partial charge in [-0.2, -0.15) is 13.2 Å². The Kier molecular flexibility index (Phi) is 8.20. The SMILES string of the molecule is C[C@@H](C(=O)Nc1ccc(Cl)cc1C(F)(F)F)N1CCC(CN(C)Cc2ccccc2)CC1. The maximum Gasteiger partial charge on any atom is 0.418 e. The van der Waals surface area contributed by atoms with E-state index >= 15 is 0 Å². The Morgan fingerprint density at radius 2 is 1.84 bits per heavy atom. The molecule has 32 heavy (non-hydrogen) atoms. The molecule has 4 nitrogen and oxygen atoms in total. The third kappa shape index (κ3) is 6.70. The number of alkyl halides is 3. The van der Waals surface area contributed by atoms with E-state index in [0.717, 1.165) is 45.1 Å². The summed E-state index contributed by atoms with van der Waals surface area (Å²) in [6.45, 7) is 5.09. The molecule has 0 unspecified atom stereocenters. The first-order valence-corrected chi connectivity index (χ1v) is 11.2. The van der Waals surface area contributed by atoms with Crippen LogP contribution in [0.25, 0.3) is 0 Å². The van der Waals surface area contributed by atoms with Crippen molar-refractivity contribution in [1.29, 1.82) is 0 Å². The molecule has 0 aromatic heterocycles. The Bertz CT molecular complexity index is 899. The number of nitrogens with zero attached hydrogens (tertiary/aromatic N) is 2. The predicted molar refractivity (Wildman–Crippen MR) is 122 cm³/mol. The van der Waals surface area contributed by atoms with Crippen LogP contribution in [-0.2, 0) is 17.5 Å². The van der Waals surface area contributed by atoms with Gasteiger partial charge < -0.3 is 10.2 Å². The van der Waals surface area contributed by atoms with Gasteiger partial charge in [0, 0.05) is 18.1 Å². The van der Waals surface area contributed by atoms with Gasteiger partial charge in [-0.1, -0.05) is 41.9 Å². The second-order valence-electron chi connectivity index (χ2n) is 8.51. The summed E-state index contributed by atoms with van der Waals surface area (Å²) in [4.78, 5) is 17.0. The van der Waals surface area contributed by atoms with E-state index in [4.69, 9.17) is 11.6 Å². The van der Waals surface area contributed by atoms with Crippen LogP contribution in [-0.4, -0.2) is 48.4 Å². The lowest BCUT2D eigenvalue weighted by Gasteiger charge is -2.36. The van der Waals surface area contributed by atoms with Crippen molar-refractivity contribution in [3.8, 4) is 0 Å². The number of likely N-dealkylation sites (tertiary alicyclic amines) is 1. The molecule has 1 aliphatic heterocycles. The lowest BCUT2D eigenvalue weighted by Crippen LogP contribution is -2.47. The highest BCUT2D eigenvalue weighted by Gasteiger charge is 2.35. The standard InChI is InChI=1S/C24H29ClF3N3O/c1-17(23(32)29-22-9-8-20(25)14-21(22)24(26,27)28)31-12-10-19(11-13-31)16-30(2)15-18-6-4-3-5-7-18/h3-9,14,17,19H,10-13,15-16H2,1-2H3,(H,29,32)/t17-/m0/s1. The Morgan fingerprint density at radius 3 is 2.47 bits per heavy atom. The molecule has 3 rings (SSSR count). The van der Waals surface area contributed by atoms with Crippen molar-refractivity contribution in [2.75, 3.05) is 32.0 Å². The number of benzene rings is 2. The fourth-order valence-electron chi connectivity index (χ4n) is 4.19. The number of anilines is 1. The summed E-state index contributed by atoms with van der Waals surface area (Å²) in [5.41, 5.74) is 0.0695. The van der Waals surface area contributed by atoms with Gasteiger partial charge in [0.05, 0.1) is 17.3 Å². The van der Waals surface area contributed by atoms with E-state index in [1.807, 2.05) is 23.1 Å². The Balaban J connectivity index is 1.51. The van der Waals surface area contributed by atoms with Gasteiger partial charge in [-0.05, 0) is 69.6 Å². The molecular weight excluding hydrogens is 439 g/mol. The van der Waals surface area contributed by atoms with E-state index in [1.54, 1.807) is 6.92 Å². The quantitative estimate of drug-likeness (QED) is 0.581. The highest BCUT2D eigenvalue weighted by molar-refractivity contribution is 6.30. The molecular formula is C24H29ClF3N3O. The van der Waals surface area contributed by atoms with Crippen LogP contribution in [0.4, 0.5) is 18.9 Å². The van der Waals surface area contributed by atoms with Crippen molar-refractivity contribution in [3.05, 3.63) is 64.7 Å². The molecule has 1 heterocycles. The molecule has 1 N–H and O–H groups in total. The minimum Gasteiger partial charge on any atom is -0.324 e. The molecule has 0 spiro atoms. The van der Waals surface area contributed by atoms with Crippen LogP contribution >= 0.6 is 11.6 Å². The Morgan fingerprint density at radius 1 is 1.19 bits per heavy atom. The Hall–Kier alpha value is -2.09. The molecule has 0 radical (unpaired) electrons. The predicted octanol–water partition coefficient (Wildman–Crippen LogP) is 5.53. The minimum absolute atomic E-state index is 0.0253. The molecule has 2 aromatic carbocycles. The molecule has 1 fully saturated rings. The zero-order valence-corrected chi connectivity index (χ0v) is 19.1. The fraction of sp³-hybridized carbons (Fsp3) is 0.458. The molecule has 0 saturated carbocycles. The molecule has 2 aromatic rings. The van der Waals surface area contributed by atoms with Crippen LogP contribution < -0.4 is 5.32 Å². The van der Waals surface area contributed by atoms with E-state index in [2.05, 4.69) is 29.4 Å². The number of halogens is 4. The van der Waals surface area contributed by atoms with Crippen molar-refractivity contribution >= 4 is 23.2 Å². The van der Waals surface area contributed by atoms with E-state index in [-0.39, 0.29) is 10.7 Å². The van der Waals surface area contributed by atoms with Gasteiger partial charge in [0.15, 0.2) is 0 Å². The topological polar surface area (TPSA) is 35.6 Å². The smallest absolute Gasteiger partial charge is 0.324 e. The largest absolute Gasteiger partial charge is 0.418 e. The van der Waals surface area contributed by atoms with Gasteiger partial charge in [0.25, 0.3) is 0 Å². The van der Waals surface area contributed by atoms with Crippen molar-refractivity contribution in [3.63, 3.8) is 0 Å². The van der Waals surface area contributed by atoms with Gasteiger partial charge in [0.2, 0.25) is 5.91 Å². The van der Waals surface area contributed by atoms with E-state index in [1.165, 1.54) is 17.7 Å². The highest BCUT2D eigenvalue weighted by Crippen LogP contribution is 2.36. The maximum atomic E-state index is 13.3. The van der Waals surface area contributed by atoms with Gasteiger partial charge >= 0.3 is 6.18 Å². The fourth-order valence-corrected chi connectivity index (χ4v) is 4.36. The molecule has 1 atom stereocenters. The first-order valence-electron chi connectivity index (χ1n) is 10.8. The summed E-state index contributed by atoms with van der Waals surface area (Å²) in [6.07, 6.45) is -2.70. The number of amides is 1. The van der Waals surface area contributed by atoms with Crippen molar-refractivity contribution in [1.82, 2.24) is 9.80 Å². The van der Waals surface area contributed by atoms with Crippen LogP contribution in [0.3, 0.4) is 0 Å². The van der Waals surface area contributed by atoms with Gasteiger partial charge in [-0.25, -0.2) is 0 Å². The lowest BCUT2D eigenvalue weighted by molar-refractivity contribution is -0.137. The first-order chi connectivity index (χ1) is 15.1. The molecule has 0 aliphatic carbocycles. The van der Waals surface area contributed by atoms with Crippen molar-refractivity contribution in [2.24, 2.45) is 5.92 Å². The molecule has 1 saturated heterocycles. The van der Waals surface area contributed by atoms with E-state index in [9.17, 15) is 18.0 Å². The van der Waals surface area contributed by atoms with Crippen LogP contribution in [0, 0.1) is 5.92 Å². The third-order valence-electron chi connectivity index (χ3n) is 5.99. The normalized spacial score (nSPS) is 16.8. The highest BCUT2D eigenvalue weighted by atomic mass is 35.5. The van der Waals surface area contributed by atoms with E-state index < -0.39 is 23.7 Å². The second-order valence-corrected chi connectivity index (χ2v) is 8.95. The number of carbonyl (C=O) groups is 1. The summed E-state index contributed by atoms with van der Waals surface area (Å²) < 4.78 is 39.9. The minimum atomic E-state index is -4.60. The zero-order valence-electron chi connectivity index (χ0n) is 18.3. The van der Waals surface area contributed by atoms with Crippen LogP contribution in [0.5, 0.6) is 0 Å². The molecule has 0 bridgehead atoms. The number of rotatable bonds is 7. The maximum absolute atomic E-state index is 13.3. The number of hydrogen-bond acceptors (Lipinski definition) is 3. The Labute approximate surface area is 192 Å². The van der Waals surface area contributed by atoms with Crippen molar-refractivity contribution < 1.29 is 18.0 Å². The van der Waals surface area contributed by atoms with E-state index in [0.29, 0.717) is 5.92 Å². The summed E-state index contributed by atoms with van der Waals surface area (Å²) in [5, 5.41) is 2.42. The molecule has 1 amide bonds. The number of piperidine rings is 1. The lowest BCUT2D eigenvalue weighted by atomic mass is 9.95. The van der Waals surface area contributed by atoms with Gasteiger partial charge in [-0.15, -0.1) is 0 Å². The number of nitrogens with one attached hydrogen (secondary N) is 1. The third-order valence-corrected chi connectivity index (χ3v) is 6.22. The van der Waals surface area contributed by atoms with Crippen LogP contribution in [0.15, 0.2) is 48.5 Å². The number of carbonyl (C=O) groups excluding carboxylic acids is 1. The first kappa shape index (κ1) is 24.6. The average molecular weight is 468 g/mol.